The number of imidazole rings is 1. The number of fused-ring (bicyclic) bond motifs is 1. The zero-order chi connectivity index (χ0) is 20.4. The highest BCUT2D eigenvalue weighted by atomic mass is 35.5. The molecule has 8 heteroatoms. The van der Waals surface area contributed by atoms with Crippen LogP contribution < -0.4 is 11.1 Å². The van der Waals surface area contributed by atoms with Gasteiger partial charge in [-0.3, -0.25) is 4.79 Å². The first-order valence-corrected chi connectivity index (χ1v) is 9.87. The molecule has 0 unspecified atom stereocenters. The van der Waals surface area contributed by atoms with E-state index in [-0.39, 0.29) is 17.9 Å². The molecule has 0 radical (unpaired) electrons. The van der Waals surface area contributed by atoms with Crippen molar-refractivity contribution in [3.63, 3.8) is 0 Å². The molecule has 1 aromatic carbocycles. The summed E-state index contributed by atoms with van der Waals surface area (Å²) in [5.74, 6) is -0.132. The van der Waals surface area contributed by atoms with Gasteiger partial charge < -0.3 is 20.4 Å². The van der Waals surface area contributed by atoms with Crippen molar-refractivity contribution in [1.29, 1.82) is 0 Å². The molecule has 0 atom stereocenters. The van der Waals surface area contributed by atoms with Crippen molar-refractivity contribution < 1.29 is 9.59 Å². The summed E-state index contributed by atoms with van der Waals surface area (Å²) in [6.45, 7) is 1.06. The van der Waals surface area contributed by atoms with Crippen LogP contribution in [0.4, 0.5) is 4.79 Å². The van der Waals surface area contributed by atoms with Gasteiger partial charge in [0.05, 0.1) is 17.3 Å². The van der Waals surface area contributed by atoms with Gasteiger partial charge in [0.2, 0.25) is 5.91 Å². The van der Waals surface area contributed by atoms with Crippen LogP contribution in [-0.4, -0.2) is 45.9 Å². The first-order valence-electron chi connectivity index (χ1n) is 9.49. The molecule has 0 saturated carbocycles. The number of hydrogen-bond donors (Lipinski definition) is 2. The largest absolute Gasteiger partial charge is 0.352 e. The number of piperidine rings is 1. The topological polar surface area (TPSA) is 92.7 Å². The number of rotatable bonds is 4. The Bertz CT molecular complexity index is 1040. The number of aromatic nitrogens is 2. The van der Waals surface area contributed by atoms with E-state index in [4.69, 9.17) is 22.3 Å². The Kier molecular flexibility index (Phi) is 5.15. The third-order valence-electron chi connectivity index (χ3n) is 5.62. The summed E-state index contributed by atoms with van der Waals surface area (Å²) in [5.41, 5.74) is 7.75. The van der Waals surface area contributed by atoms with E-state index in [9.17, 15) is 9.59 Å². The zero-order valence-corrected chi connectivity index (χ0v) is 16.6. The van der Waals surface area contributed by atoms with Gasteiger partial charge in [0.1, 0.15) is 5.65 Å². The first-order chi connectivity index (χ1) is 14.0. The molecular formula is C21H22ClN5O2. The maximum Gasteiger partial charge on any atom is 0.312 e. The van der Waals surface area contributed by atoms with E-state index in [1.54, 1.807) is 4.90 Å². The predicted molar refractivity (Wildman–Crippen MR) is 111 cm³/mol. The molecule has 0 aliphatic carbocycles. The lowest BCUT2D eigenvalue weighted by Gasteiger charge is -2.41. The van der Waals surface area contributed by atoms with Crippen LogP contribution >= 0.6 is 11.6 Å². The van der Waals surface area contributed by atoms with Gasteiger partial charge in [0.25, 0.3) is 0 Å². The lowest BCUT2D eigenvalue weighted by Crippen LogP contribution is -2.49. The van der Waals surface area contributed by atoms with E-state index >= 15 is 0 Å². The van der Waals surface area contributed by atoms with Crippen molar-refractivity contribution in [2.45, 2.75) is 18.3 Å². The van der Waals surface area contributed by atoms with Gasteiger partial charge in [0.15, 0.2) is 0 Å². The van der Waals surface area contributed by atoms with Gasteiger partial charge in [-0.15, -0.1) is 0 Å². The number of nitrogens with zero attached hydrogens (tertiary/aromatic N) is 3. The van der Waals surface area contributed by atoms with E-state index in [0.29, 0.717) is 18.1 Å². The Balaban J connectivity index is 1.65. The van der Waals surface area contributed by atoms with Gasteiger partial charge in [0, 0.05) is 30.9 Å². The standard InChI is InChI=1S/C21H22ClN5O2/c22-16-6-7-18-25-17(14-27(18)13-16)21(15-4-2-1-3-5-15)8-10-26(11-9-21)19(28)12-24-20(23)29/h1-7,13-14H,8-12H2,(H3,23,24,29). The van der Waals surface area contributed by atoms with Crippen molar-refractivity contribution in [1.82, 2.24) is 19.6 Å². The summed E-state index contributed by atoms with van der Waals surface area (Å²) in [7, 11) is 0. The van der Waals surface area contributed by atoms with Crippen LogP contribution in [0.25, 0.3) is 5.65 Å². The minimum Gasteiger partial charge on any atom is -0.352 e. The Morgan fingerprint density at radius 3 is 2.52 bits per heavy atom. The molecule has 3 heterocycles. The molecule has 150 valence electrons. The second-order valence-electron chi connectivity index (χ2n) is 7.29. The smallest absolute Gasteiger partial charge is 0.312 e. The van der Waals surface area contributed by atoms with Gasteiger partial charge in [-0.1, -0.05) is 41.9 Å². The molecule has 1 aliphatic rings. The Hall–Kier alpha value is -3.06. The van der Waals surface area contributed by atoms with Crippen LogP contribution in [0, 0.1) is 0 Å². The number of halogens is 1. The molecular weight excluding hydrogens is 390 g/mol. The number of carbonyl (C=O) groups is 2. The number of pyridine rings is 1. The summed E-state index contributed by atoms with van der Waals surface area (Å²) in [5, 5.41) is 3.02. The monoisotopic (exact) mass is 411 g/mol. The third kappa shape index (κ3) is 3.78. The summed E-state index contributed by atoms with van der Waals surface area (Å²) in [4.78, 5) is 29.9. The van der Waals surface area contributed by atoms with Crippen LogP contribution in [-0.2, 0) is 10.2 Å². The van der Waals surface area contributed by atoms with E-state index in [2.05, 4.69) is 17.4 Å². The number of likely N-dealkylation sites (tertiary alicyclic amines) is 1. The van der Waals surface area contributed by atoms with Crippen molar-refractivity contribution in [2.24, 2.45) is 5.73 Å². The SMILES string of the molecule is NC(=O)NCC(=O)N1CCC(c2ccccc2)(c2cn3cc(Cl)ccc3n2)CC1. The molecule has 3 amide bonds. The van der Waals surface area contributed by atoms with Crippen LogP contribution in [0.15, 0.2) is 54.9 Å². The normalized spacial score (nSPS) is 16.0. The molecule has 4 rings (SSSR count). The lowest BCUT2D eigenvalue weighted by atomic mass is 9.70. The van der Waals surface area contributed by atoms with E-state index in [0.717, 1.165) is 24.2 Å². The van der Waals surface area contributed by atoms with Crippen molar-refractivity contribution >= 4 is 29.2 Å². The maximum absolute atomic E-state index is 12.4. The molecule has 0 bridgehead atoms. The molecule has 1 fully saturated rings. The number of amides is 3. The van der Waals surface area contributed by atoms with Crippen LogP contribution in [0.2, 0.25) is 5.02 Å². The molecule has 1 saturated heterocycles. The van der Waals surface area contributed by atoms with Crippen molar-refractivity contribution in [3.05, 3.63) is 71.1 Å². The number of primary amides is 1. The maximum atomic E-state index is 12.4. The lowest BCUT2D eigenvalue weighted by molar-refractivity contribution is -0.131. The Morgan fingerprint density at radius 2 is 1.83 bits per heavy atom. The number of carbonyl (C=O) groups excluding carboxylic acids is 2. The summed E-state index contributed by atoms with van der Waals surface area (Å²) in [6.07, 6.45) is 5.34. The molecule has 1 aliphatic heterocycles. The van der Waals surface area contributed by atoms with E-state index in [1.165, 1.54) is 5.56 Å². The summed E-state index contributed by atoms with van der Waals surface area (Å²) in [6, 6.07) is 13.3. The molecule has 3 N–H and O–H groups in total. The number of nitrogens with two attached hydrogens (primary N) is 1. The highest BCUT2D eigenvalue weighted by Crippen LogP contribution is 2.41. The number of nitrogens with one attached hydrogen (secondary N) is 1. The second-order valence-corrected chi connectivity index (χ2v) is 7.72. The fraction of sp³-hybridized carbons (Fsp3) is 0.286. The molecule has 7 nitrogen and oxygen atoms in total. The average Bonchev–Trinajstić information content (AvgIpc) is 3.16. The fourth-order valence-corrected chi connectivity index (χ4v) is 4.23. The highest BCUT2D eigenvalue weighted by molar-refractivity contribution is 6.30. The quantitative estimate of drug-likeness (QED) is 0.691. The van der Waals surface area contributed by atoms with Crippen LogP contribution in [0.1, 0.15) is 24.1 Å². The zero-order valence-electron chi connectivity index (χ0n) is 15.8. The fourth-order valence-electron chi connectivity index (χ4n) is 4.06. The van der Waals surface area contributed by atoms with E-state index in [1.807, 2.05) is 47.1 Å². The summed E-state index contributed by atoms with van der Waals surface area (Å²) >= 11 is 6.14. The highest BCUT2D eigenvalue weighted by Gasteiger charge is 2.40. The van der Waals surface area contributed by atoms with Gasteiger partial charge >= 0.3 is 6.03 Å². The molecule has 29 heavy (non-hydrogen) atoms. The Labute approximate surface area is 173 Å². The van der Waals surface area contributed by atoms with Gasteiger partial charge in [-0.2, -0.15) is 0 Å². The third-order valence-corrected chi connectivity index (χ3v) is 5.84. The minimum absolute atomic E-state index is 0.0828. The van der Waals surface area contributed by atoms with Crippen LogP contribution in [0.5, 0.6) is 0 Å². The van der Waals surface area contributed by atoms with Gasteiger partial charge in [-0.05, 0) is 30.5 Å². The number of urea groups is 1. The minimum atomic E-state index is -0.697. The number of hydrogen-bond acceptors (Lipinski definition) is 3. The first kappa shape index (κ1) is 19.3. The average molecular weight is 412 g/mol. The van der Waals surface area contributed by atoms with E-state index < -0.39 is 6.03 Å². The van der Waals surface area contributed by atoms with Gasteiger partial charge in [-0.25, -0.2) is 9.78 Å². The molecule has 0 spiro atoms. The summed E-state index contributed by atoms with van der Waals surface area (Å²) < 4.78 is 1.94. The molecule has 3 aromatic rings. The van der Waals surface area contributed by atoms with Crippen LogP contribution in [0.3, 0.4) is 0 Å². The second kappa shape index (κ2) is 7.75. The van der Waals surface area contributed by atoms with Crippen molar-refractivity contribution in [2.75, 3.05) is 19.6 Å². The number of benzene rings is 1. The Morgan fingerprint density at radius 1 is 1.10 bits per heavy atom. The predicted octanol–water partition coefficient (Wildman–Crippen LogP) is 2.56. The molecule has 2 aromatic heterocycles. The van der Waals surface area contributed by atoms with Crippen molar-refractivity contribution in [3.8, 4) is 0 Å².